The molecule has 1 aromatic rings. The fourth-order valence-corrected chi connectivity index (χ4v) is 1.06. The highest BCUT2D eigenvalue weighted by Crippen LogP contribution is 2.15. The highest BCUT2D eigenvalue weighted by Gasteiger charge is 1.98. The van der Waals surface area contributed by atoms with E-state index in [0.29, 0.717) is 6.54 Å². The Morgan fingerprint density at radius 3 is 2.82 bits per heavy atom. The number of hydrogen-bond acceptors (Lipinski definition) is 1. The van der Waals surface area contributed by atoms with E-state index in [1.54, 1.807) is 12.1 Å². The molecule has 0 saturated carbocycles. The van der Waals surface area contributed by atoms with E-state index < -0.39 is 0 Å². The molecule has 0 amide bonds. The quantitative estimate of drug-likeness (QED) is 0.723. The molecule has 11 heavy (non-hydrogen) atoms. The Bertz CT molecular complexity index is 250. The minimum absolute atomic E-state index is 0.178. The van der Waals surface area contributed by atoms with Gasteiger partial charge in [-0.2, -0.15) is 0 Å². The van der Waals surface area contributed by atoms with Gasteiger partial charge in [0.1, 0.15) is 5.82 Å². The van der Waals surface area contributed by atoms with Crippen molar-refractivity contribution in [2.24, 2.45) is 0 Å². The van der Waals surface area contributed by atoms with Crippen molar-refractivity contribution in [3.8, 4) is 0 Å². The molecule has 0 aromatic heterocycles. The minimum atomic E-state index is -0.369. The average Bonchev–Trinajstić information content (AvgIpc) is 1.98. The second kappa shape index (κ2) is 3.69. The first-order chi connectivity index (χ1) is 5.24. The molecule has 0 fully saturated rings. The van der Waals surface area contributed by atoms with Crippen LogP contribution in [0.15, 0.2) is 18.2 Å². The molecule has 1 N–H and O–H groups in total. The van der Waals surface area contributed by atoms with Crippen LogP contribution in [0.4, 0.5) is 4.39 Å². The van der Waals surface area contributed by atoms with Crippen molar-refractivity contribution >= 4 is 11.6 Å². The van der Waals surface area contributed by atoms with Crippen molar-refractivity contribution in [2.75, 3.05) is 7.05 Å². The van der Waals surface area contributed by atoms with Crippen LogP contribution in [0, 0.1) is 5.82 Å². The molecule has 0 radical (unpaired) electrons. The molecule has 0 unspecified atom stereocenters. The van der Waals surface area contributed by atoms with Crippen LogP contribution in [0.3, 0.4) is 0 Å². The first kappa shape index (κ1) is 8.50. The maximum absolute atomic E-state index is 12.6. The highest BCUT2D eigenvalue weighted by atomic mass is 35.5. The van der Waals surface area contributed by atoms with Gasteiger partial charge in [-0.3, -0.25) is 0 Å². The highest BCUT2D eigenvalue weighted by molar-refractivity contribution is 6.30. The largest absolute Gasteiger partial charge is 0.316 e. The zero-order valence-corrected chi connectivity index (χ0v) is 6.95. The van der Waals surface area contributed by atoms with Crippen molar-refractivity contribution in [3.63, 3.8) is 0 Å². The molecule has 1 aromatic carbocycles. The smallest absolute Gasteiger partial charge is 0.141 e. The van der Waals surface area contributed by atoms with E-state index in [4.69, 9.17) is 11.6 Å². The predicted molar refractivity (Wildman–Crippen MR) is 44.2 cm³/mol. The lowest BCUT2D eigenvalue weighted by molar-refractivity contribution is 0.627. The van der Waals surface area contributed by atoms with E-state index in [1.165, 1.54) is 6.07 Å². The van der Waals surface area contributed by atoms with Crippen LogP contribution >= 0.6 is 11.6 Å². The van der Waals surface area contributed by atoms with E-state index in [1.807, 2.05) is 7.05 Å². The maximum Gasteiger partial charge on any atom is 0.141 e. The van der Waals surface area contributed by atoms with Gasteiger partial charge in [0.15, 0.2) is 0 Å². The van der Waals surface area contributed by atoms with Crippen LogP contribution in [0.25, 0.3) is 0 Å². The summed E-state index contributed by atoms with van der Waals surface area (Å²) in [5.74, 6) is -0.369. The lowest BCUT2D eigenvalue weighted by Crippen LogP contribution is -2.04. The summed E-state index contributed by atoms with van der Waals surface area (Å²) >= 11 is 5.55. The van der Waals surface area contributed by atoms with Crippen LogP contribution in [-0.2, 0) is 6.54 Å². The monoisotopic (exact) mass is 173 g/mol. The zero-order chi connectivity index (χ0) is 8.27. The van der Waals surface area contributed by atoms with E-state index in [9.17, 15) is 4.39 Å². The molecule has 0 spiro atoms. The minimum Gasteiger partial charge on any atom is -0.316 e. The molecule has 0 heterocycles. The van der Waals surface area contributed by atoms with Crippen LogP contribution in [0.1, 0.15) is 5.56 Å². The summed E-state index contributed by atoms with van der Waals surface area (Å²) in [4.78, 5) is 0. The molecule has 0 bridgehead atoms. The van der Waals surface area contributed by atoms with Gasteiger partial charge in [-0.1, -0.05) is 17.7 Å². The van der Waals surface area contributed by atoms with Gasteiger partial charge in [-0.05, 0) is 24.7 Å². The third kappa shape index (κ3) is 2.17. The van der Waals surface area contributed by atoms with Gasteiger partial charge in [0.05, 0.1) is 5.02 Å². The molecule has 1 nitrogen and oxygen atoms in total. The van der Waals surface area contributed by atoms with Crippen LogP contribution in [0.2, 0.25) is 5.02 Å². The van der Waals surface area contributed by atoms with E-state index in [0.717, 1.165) is 5.56 Å². The van der Waals surface area contributed by atoms with Crippen LogP contribution in [0.5, 0.6) is 0 Å². The van der Waals surface area contributed by atoms with E-state index in [2.05, 4.69) is 5.32 Å². The summed E-state index contributed by atoms with van der Waals surface area (Å²) in [6.07, 6.45) is 0. The molecule has 0 aliphatic heterocycles. The predicted octanol–water partition coefficient (Wildman–Crippen LogP) is 2.20. The van der Waals surface area contributed by atoms with Gasteiger partial charge in [-0.25, -0.2) is 4.39 Å². The van der Waals surface area contributed by atoms with Crippen LogP contribution < -0.4 is 5.32 Å². The van der Waals surface area contributed by atoms with Crippen molar-refractivity contribution in [2.45, 2.75) is 6.54 Å². The number of nitrogens with one attached hydrogen (secondary N) is 1. The van der Waals surface area contributed by atoms with E-state index >= 15 is 0 Å². The number of halogens is 2. The summed E-state index contributed by atoms with van der Waals surface area (Å²) in [7, 11) is 1.83. The van der Waals surface area contributed by atoms with Gasteiger partial charge in [-0.15, -0.1) is 0 Å². The third-order valence-corrected chi connectivity index (χ3v) is 1.65. The Labute approximate surface area is 70.2 Å². The summed E-state index contributed by atoms with van der Waals surface area (Å²) in [6, 6.07) is 4.69. The average molecular weight is 174 g/mol. The number of hydrogen-bond donors (Lipinski definition) is 1. The molecular formula is C8H9ClFN. The molecule has 3 heteroatoms. The molecule has 0 atom stereocenters. The standard InChI is InChI=1S/C8H9ClFN/c1-11-5-6-2-3-8(10)7(9)4-6/h2-4,11H,5H2,1H3. The van der Waals surface area contributed by atoms with Gasteiger partial charge in [0.25, 0.3) is 0 Å². The van der Waals surface area contributed by atoms with Crippen molar-refractivity contribution < 1.29 is 4.39 Å². The van der Waals surface area contributed by atoms with Gasteiger partial charge in [0, 0.05) is 6.54 Å². The van der Waals surface area contributed by atoms with Crippen molar-refractivity contribution in [1.82, 2.24) is 5.32 Å². The van der Waals surface area contributed by atoms with Crippen molar-refractivity contribution in [1.29, 1.82) is 0 Å². The summed E-state index contributed by atoms with van der Waals surface area (Å²) in [5, 5.41) is 3.13. The zero-order valence-electron chi connectivity index (χ0n) is 6.20. The first-order valence-corrected chi connectivity index (χ1v) is 3.70. The number of rotatable bonds is 2. The molecule has 1 rings (SSSR count). The maximum atomic E-state index is 12.6. The van der Waals surface area contributed by atoms with Crippen LogP contribution in [-0.4, -0.2) is 7.05 Å². The lowest BCUT2D eigenvalue weighted by Gasteiger charge is -2.00. The SMILES string of the molecule is CNCc1ccc(F)c(Cl)c1. The van der Waals surface area contributed by atoms with Gasteiger partial charge < -0.3 is 5.32 Å². The normalized spacial score (nSPS) is 10.1. The fraction of sp³-hybridized carbons (Fsp3) is 0.250. The Balaban J connectivity index is 2.86. The topological polar surface area (TPSA) is 12.0 Å². The van der Waals surface area contributed by atoms with Gasteiger partial charge in [0.2, 0.25) is 0 Å². The van der Waals surface area contributed by atoms with Crippen molar-refractivity contribution in [3.05, 3.63) is 34.6 Å². The number of benzene rings is 1. The Morgan fingerprint density at radius 1 is 1.55 bits per heavy atom. The third-order valence-electron chi connectivity index (χ3n) is 1.36. The Hall–Kier alpha value is -0.600. The molecule has 60 valence electrons. The Kier molecular flexibility index (Phi) is 2.85. The second-order valence-corrected chi connectivity index (χ2v) is 2.69. The molecule has 0 aliphatic carbocycles. The summed E-state index contributed by atoms with van der Waals surface area (Å²) < 4.78 is 12.6. The summed E-state index contributed by atoms with van der Waals surface area (Å²) in [5.41, 5.74) is 0.985. The second-order valence-electron chi connectivity index (χ2n) is 2.28. The fourth-order valence-electron chi connectivity index (χ4n) is 0.854. The summed E-state index contributed by atoms with van der Waals surface area (Å²) in [6.45, 7) is 0.708. The molecule has 0 aliphatic rings. The first-order valence-electron chi connectivity index (χ1n) is 3.32. The van der Waals surface area contributed by atoms with Gasteiger partial charge >= 0.3 is 0 Å². The van der Waals surface area contributed by atoms with E-state index in [-0.39, 0.29) is 10.8 Å². The lowest BCUT2D eigenvalue weighted by atomic mass is 10.2. The Morgan fingerprint density at radius 2 is 2.27 bits per heavy atom. The molecular weight excluding hydrogens is 165 g/mol. The molecule has 0 saturated heterocycles.